The van der Waals surface area contributed by atoms with Gasteiger partial charge in [-0.2, -0.15) is 12.6 Å². The highest BCUT2D eigenvalue weighted by atomic mass is 32.1. The van der Waals surface area contributed by atoms with Gasteiger partial charge in [0.25, 0.3) is 0 Å². The summed E-state index contributed by atoms with van der Waals surface area (Å²) in [4.78, 5) is 0. The molecule has 0 nitrogen and oxygen atoms in total. The molecular weight excluding hydrogens is 140 g/mol. The van der Waals surface area contributed by atoms with Crippen molar-refractivity contribution in [3.63, 3.8) is 0 Å². The summed E-state index contributed by atoms with van der Waals surface area (Å²) in [7, 11) is 0. The molecule has 0 unspecified atom stereocenters. The molecule has 0 N–H and O–H groups in total. The highest BCUT2D eigenvalue weighted by molar-refractivity contribution is 7.81. The van der Waals surface area contributed by atoms with Gasteiger partial charge in [-0.1, -0.05) is 12.8 Å². The first-order valence-electron chi connectivity index (χ1n) is 4.56. The summed E-state index contributed by atoms with van der Waals surface area (Å²) in [6.07, 6.45) is 8.79. The third-order valence-electron chi connectivity index (χ3n) is 3.27. The van der Waals surface area contributed by atoms with Gasteiger partial charge in [0.15, 0.2) is 0 Å². The van der Waals surface area contributed by atoms with E-state index in [0.717, 1.165) is 17.1 Å². The molecule has 1 heteroatoms. The van der Waals surface area contributed by atoms with Gasteiger partial charge in [-0.3, -0.25) is 0 Å². The Labute approximate surface area is 68.8 Å². The lowest BCUT2D eigenvalue weighted by Gasteiger charge is -2.39. The summed E-state index contributed by atoms with van der Waals surface area (Å²) in [5.74, 6) is 1.99. The van der Waals surface area contributed by atoms with Crippen LogP contribution in [-0.2, 0) is 0 Å². The van der Waals surface area contributed by atoms with Crippen molar-refractivity contribution < 1.29 is 0 Å². The van der Waals surface area contributed by atoms with Crippen LogP contribution in [0.5, 0.6) is 0 Å². The first-order chi connectivity index (χ1) is 4.88. The minimum atomic E-state index is 0.766. The van der Waals surface area contributed by atoms with Crippen LogP contribution in [0, 0.1) is 11.8 Å². The van der Waals surface area contributed by atoms with Crippen LogP contribution in [0.2, 0.25) is 0 Å². The van der Waals surface area contributed by atoms with E-state index in [4.69, 9.17) is 0 Å². The van der Waals surface area contributed by atoms with Gasteiger partial charge in [0.2, 0.25) is 0 Å². The van der Waals surface area contributed by atoms with Crippen LogP contribution in [0.3, 0.4) is 0 Å². The minimum absolute atomic E-state index is 0.766. The van der Waals surface area contributed by atoms with E-state index in [1.165, 1.54) is 38.5 Å². The zero-order valence-electron chi connectivity index (χ0n) is 6.42. The Bertz CT molecular complexity index is 99.9. The zero-order chi connectivity index (χ0) is 6.97. The topological polar surface area (TPSA) is 0 Å². The van der Waals surface area contributed by atoms with Gasteiger partial charge in [-0.05, 0) is 37.5 Å². The van der Waals surface area contributed by atoms with Crippen molar-refractivity contribution in [2.24, 2.45) is 11.8 Å². The highest BCUT2D eigenvalue weighted by Gasteiger charge is 2.33. The van der Waals surface area contributed by atoms with Crippen LogP contribution in [-0.4, -0.2) is 5.25 Å². The number of thiol groups is 1. The molecule has 2 aliphatic carbocycles. The Hall–Kier alpha value is 0.350. The van der Waals surface area contributed by atoms with Gasteiger partial charge in [0.1, 0.15) is 0 Å². The predicted octanol–water partition coefficient (Wildman–Crippen LogP) is 2.89. The zero-order valence-corrected chi connectivity index (χ0v) is 7.32. The van der Waals surface area contributed by atoms with Crippen molar-refractivity contribution in [3.8, 4) is 0 Å². The average molecular weight is 156 g/mol. The Kier molecular flexibility index (Phi) is 1.94. The molecule has 0 aliphatic heterocycles. The van der Waals surface area contributed by atoms with Crippen LogP contribution >= 0.6 is 12.6 Å². The Morgan fingerprint density at radius 3 is 1.50 bits per heavy atom. The number of rotatable bonds is 2. The molecule has 0 heterocycles. The molecule has 10 heavy (non-hydrogen) atoms. The molecule has 2 saturated carbocycles. The van der Waals surface area contributed by atoms with Gasteiger partial charge in [0, 0.05) is 5.25 Å². The summed E-state index contributed by atoms with van der Waals surface area (Å²) in [5, 5.41) is 0.766. The fourth-order valence-corrected chi connectivity index (χ4v) is 2.54. The second kappa shape index (κ2) is 2.77. The van der Waals surface area contributed by atoms with Gasteiger partial charge >= 0.3 is 0 Å². The number of hydrogen-bond donors (Lipinski definition) is 1. The third-order valence-corrected chi connectivity index (χ3v) is 4.11. The first-order valence-corrected chi connectivity index (χ1v) is 5.07. The number of hydrogen-bond acceptors (Lipinski definition) is 1. The van der Waals surface area contributed by atoms with E-state index in [1.807, 2.05) is 0 Å². The summed E-state index contributed by atoms with van der Waals surface area (Å²) in [6.45, 7) is 0. The molecule has 2 rings (SSSR count). The smallest absolute Gasteiger partial charge is 0.00733 e. The van der Waals surface area contributed by atoms with Crippen molar-refractivity contribution in [2.75, 3.05) is 0 Å². The standard InChI is InChI=1S/C9H16S/c10-9(7-3-1-4-7)8-5-2-6-8/h7-10H,1-6H2. The van der Waals surface area contributed by atoms with E-state index in [1.54, 1.807) is 0 Å². The summed E-state index contributed by atoms with van der Waals surface area (Å²) in [6, 6.07) is 0. The van der Waals surface area contributed by atoms with Crippen molar-refractivity contribution >= 4 is 12.6 Å². The molecule has 0 amide bonds. The van der Waals surface area contributed by atoms with Crippen molar-refractivity contribution in [3.05, 3.63) is 0 Å². The lowest BCUT2D eigenvalue weighted by Crippen LogP contribution is -2.32. The van der Waals surface area contributed by atoms with Gasteiger partial charge < -0.3 is 0 Å². The van der Waals surface area contributed by atoms with Crippen molar-refractivity contribution in [1.82, 2.24) is 0 Å². The molecule has 2 fully saturated rings. The second-order valence-corrected chi connectivity index (χ2v) is 4.47. The van der Waals surface area contributed by atoms with Gasteiger partial charge in [-0.25, -0.2) is 0 Å². The quantitative estimate of drug-likeness (QED) is 0.584. The summed E-state index contributed by atoms with van der Waals surface area (Å²) < 4.78 is 0. The van der Waals surface area contributed by atoms with E-state index in [-0.39, 0.29) is 0 Å². The molecule has 0 atom stereocenters. The van der Waals surface area contributed by atoms with Crippen LogP contribution < -0.4 is 0 Å². The maximum absolute atomic E-state index is 4.68. The normalized spacial score (nSPS) is 28.2. The van der Waals surface area contributed by atoms with E-state index in [2.05, 4.69) is 12.6 Å². The van der Waals surface area contributed by atoms with E-state index < -0.39 is 0 Å². The molecule has 0 aromatic heterocycles. The fourth-order valence-electron chi connectivity index (χ4n) is 1.95. The van der Waals surface area contributed by atoms with Crippen LogP contribution in [0.1, 0.15) is 38.5 Å². The second-order valence-electron chi connectivity index (χ2n) is 3.87. The van der Waals surface area contributed by atoms with E-state index in [9.17, 15) is 0 Å². The van der Waals surface area contributed by atoms with Gasteiger partial charge in [-0.15, -0.1) is 0 Å². The van der Waals surface area contributed by atoms with Crippen LogP contribution in [0.15, 0.2) is 0 Å². The molecule has 0 aromatic carbocycles. The van der Waals surface area contributed by atoms with E-state index >= 15 is 0 Å². The molecule has 0 bridgehead atoms. The predicted molar refractivity (Wildman–Crippen MR) is 47.5 cm³/mol. The molecule has 58 valence electrons. The molecule has 0 spiro atoms. The maximum atomic E-state index is 4.68. The molecular formula is C9H16S. The van der Waals surface area contributed by atoms with Crippen LogP contribution in [0.4, 0.5) is 0 Å². The Morgan fingerprint density at radius 2 is 1.30 bits per heavy atom. The minimum Gasteiger partial charge on any atom is -0.175 e. The molecule has 0 saturated heterocycles. The van der Waals surface area contributed by atoms with Crippen LogP contribution in [0.25, 0.3) is 0 Å². The Morgan fingerprint density at radius 1 is 0.900 bits per heavy atom. The lowest BCUT2D eigenvalue weighted by molar-refractivity contribution is 0.203. The van der Waals surface area contributed by atoms with Crippen molar-refractivity contribution in [2.45, 2.75) is 43.8 Å². The SMILES string of the molecule is SC(C1CCC1)C1CCC1. The highest BCUT2D eigenvalue weighted by Crippen LogP contribution is 2.42. The first kappa shape index (κ1) is 7.02. The largest absolute Gasteiger partial charge is 0.175 e. The molecule has 0 aromatic rings. The third kappa shape index (κ3) is 1.09. The fraction of sp³-hybridized carbons (Fsp3) is 1.00. The monoisotopic (exact) mass is 156 g/mol. The molecule has 0 radical (unpaired) electrons. The summed E-state index contributed by atoms with van der Waals surface area (Å²) in [5.41, 5.74) is 0. The average Bonchev–Trinajstić information content (AvgIpc) is 1.52. The van der Waals surface area contributed by atoms with Crippen molar-refractivity contribution in [1.29, 1.82) is 0 Å². The van der Waals surface area contributed by atoms with Gasteiger partial charge in [0.05, 0.1) is 0 Å². The van der Waals surface area contributed by atoms with E-state index in [0.29, 0.717) is 0 Å². The summed E-state index contributed by atoms with van der Waals surface area (Å²) >= 11 is 4.68. The Balaban J connectivity index is 1.79. The lowest BCUT2D eigenvalue weighted by atomic mass is 9.72. The maximum Gasteiger partial charge on any atom is 0.00733 e. The molecule has 2 aliphatic rings.